The molecule has 0 N–H and O–H groups in total. The smallest absolute Gasteiger partial charge is 0.282 e. The number of benzene rings is 1. The van der Waals surface area contributed by atoms with Crippen molar-refractivity contribution >= 4 is 28.5 Å². The summed E-state index contributed by atoms with van der Waals surface area (Å²) in [7, 11) is 3.59. The Labute approximate surface area is 179 Å². The molecule has 1 aromatic heterocycles. The maximum atomic E-state index is 13.0. The molecule has 1 fully saturated rings. The van der Waals surface area contributed by atoms with Crippen molar-refractivity contribution in [3.8, 4) is 5.75 Å². The van der Waals surface area contributed by atoms with Crippen LogP contribution in [-0.2, 0) is 23.7 Å². The van der Waals surface area contributed by atoms with Crippen LogP contribution >= 0.6 is 22.6 Å². The normalized spacial score (nSPS) is 17.9. The fourth-order valence-electron chi connectivity index (χ4n) is 3.57. The van der Waals surface area contributed by atoms with Gasteiger partial charge in [-0.05, 0) is 53.6 Å². The molecule has 1 aliphatic heterocycles. The second-order valence-corrected chi connectivity index (χ2v) is 9.39. The average molecular weight is 497 g/mol. The minimum atomic E-state index is -0.303. The third kappa shape index (κ3) is 4.51. The summed E-state index contributed by atoms with van der Waals surface area (Å²) in [5, 5.41) is 0. The van der Waals surface area contributed by atoms with Gasteiger partial charge in [0.05, 0.1) is 25.3 Å². The van der Waals surface area contributed by atoms with Crippen LogP contribution in [0.1, 0.15) is 49.7 Å². The van der Waals surface area contributed by atoms with E-state index in [4.69, 9.17) is 9.47 Å². The summed E-state index contributed by atoms with van der Waals surface area (Å²) in [6.07, 6.45) is 2.26. The monoisotopic (exact) mass is 497 g/mol. The number of carbonyl (C=O) groups is 1. The Kier molecular flexibility index (Phi) is 6.34. The first-order valence-corrected chi connectivity index (χ1v) is 10.6. The van der Waals surface area contributed by atoms with Crippen LogP contribution in [0, 0.1) is 3.57 Å². The number of methoxy groups -OCH3 is 1. The molecule has 2 aromatic rings. The molecule has 6 nitrogen and oxygen atoms in total. The minimum Gasteiger partial charge on any atom is -0.496 e. The van der Waals surface area contributed by atoms with Crippen LogP contribution in [0.15, 0.2) is 29.3 Å². The predicted octanol–water partition coefficient (Wildman–Crippen LogP) is 3.66. The molecule has 0 bridgehead atoms. The Bertz CT molecular complexity index is 931. The van der Waals surface area contributed by atoms with Gasteiger partial charge in [0.2, 0.25) is 0 Å². The van der Waals surface area contributed by atoms with Crippen LogP contribution in [-0.4, -0.2) is 35.1 Å². The van der Waals surface area contributed by atoms with Gasteiger partial charge in [-0.25, -0.2) is 0 Å². The van der Waals surface area contributed by atoms with Gasteiger partial charge in [-0.3, -0.25) is 14.2 Å². The second-order valence-electron chi connectivity index (χ2n) is 8.14. The molecule has 0 radical (unpaired) electrons. The summed E-state index contributed by atoms with van der Waals surface area (Å²) < 4.78 is 16.3. The molecule has 1 aromatic carbocycles. The topological polar surface area (TPSA) is 57.8 Å². The Hall–Kier alpha value is -1.61. The van der Waals surface area contributed by atoms with Crippen LogP contribution in [0.2, 0.25) is 0 Å². The largest absolute Gasteiger partial charge is 0.496 e. The van der Waals surface area contributed by atoms with Crippen LogP contribution in [0.3, 0.4) is 0 Å². The van der Waals surface area contributed by atoms with Crippen molar-refractivity contribution < 1.29 is 14.3 Å². The van der Waals surface area contributed by atoms with E-state index in [0.717, 1.165) is 28.7 Å². The van der Waals surface area contributed by atoms with E-state index >= 15 is 0 Å². The van der Waals surface area contributed by atoms with E-state index < -0.39 is 0 Å². The van der Waals surface area contributed by atoms with Crippen molar-refractivity contribution in [3.63, 3.8) is 0 Å². The van der Waals surface area contributed by atoms with Crippen LogP contribution in [0.25, 0.3) is 0 Å². The Morgan fingerprint density at radius 2 is 2.11 bits per heavy atom. The van der Waals surface area contributed by atoms with Gasteiger partial charge in [0.15, 0.2) is 5.49 Å². The number of hydrogen-bond donors (Lipinski definition) is 0. The predicted molar refractivity (Wildman–Crippen MR) is 117 cm³/mol. The SMILES string of the molecule is COc1ccc(I)cc1C(=O)/N=c1/cc(C(C)(C)C)n(C)n1C[C@H]1CCCO1. The molecule has 3 rings (SSSR count). The number of halogens is 1. The highest BCUT2D eigenvalue weighted by molar-refractivity contribution is 14.1. The van der Waals surface area contributed by atoms with Crippen molar-refractivity contribution in [2.75, 3.05) is 13.7 Å². The standard InChI is InChI=1S/C21H28IN3O3/c1-21(2,3)18-12-19(25(24(18)4)13-15-7-6-10-28-15)23-20(26)16-11-14(22)8-9-17(16)27-5/h8-9,11-12,15H,6-7,10,13H2,1-5H3/b23-19-/t15-/m1/s1. The molecule has 7 heteroatoms. The number of ether oxygens (including phenoxy) is 2. The third-order valence-electron chi connectivity index (χ3n) is 5.02. The summed E-state index contributed by atoms with van der Waals surface area (Å²) in [4.78, 5) is 17.5. The lowest BCUT2D eigenvalue weighted by atomic mass is 9.92. The fraction of sp³-hybridized carbons (Fsp3) is 0.524. The van der Waals surface area contributed by atoms with E-state index in [0.29, 0.717) is 23.3 Å². The van der Waals surface area contributed by atoms with E-state index in [1.165, 1.54) is 0 Å². The highest BCUT2D eigenvalue weighted by Crippen LogP contribution is 2.23. The summed E-state index contributed by atoms with van der Waals surface area (Å²) in [6, 6.07) is 7.53. The average Bonchev–Trinajstić information content (AvgIpc) is 3.24. The number of amides is 1. The summed E-state index contributed by atoms with van der Waals surface area (Å²) in [6.45, 7) is 7.96. The molecule has 1 atom stereocenters. The van der Waals surface area contributed by atoms with E-state index in [1.54, 1.807) is 13.2 Å². The molecule has 28 heavy (non-hydrogen) atoms. The fourth-order valence-corrected chi connectivity index (χ4v) is 4.07. The molecule has 0 aliphatic carbocycles. The summed E-state index contributed by atoms with van der Waals surface area (Å²) >= 11 is 2.19. The number of nitrogens with zero attached hydrogens (tertiary/aromatic N) is 3. The van der Waals surface area contributed by atoms with Crippen molar-refractivity contribution in [1.82, 2.24) is 9.36 Å². The first-order valence-electron chi connectivity index (χ1n) is 9.52. The molecule has 1 saturated heterocycles. The van der Waals surface area contributed by atoms with Gasteiger partial charge in [0.25, 0.3) is 5.91 Å². The maximum absolute atomic E-state index is 13.0. The zero-order valence-electron chi connectivity index (χ0n) is 17.2. The number of rotatable bonds is 4. The van der Waals surface area contributed by atoms with Crippen molar-refractivity contribution in [1.29, 1.82) is 0 Å². The highest BCUT2D eigenvalue weighted by Gasteiger charge is 2.24. The van der Waals surface area contributed by atoms with Crippen molar-refractivity contribution in [2.45, 2.75) is 51.7 Å². The molecule has 0 unspecified atom stereocenters. The second kappa shape index (κ2) is 8.41. The zero-order chi connectivity index (χ0) is 20.5. The highest BCUT2D eigenvalue weighted by atomic mass is 127. The van der Waals surface area contributed by atoms with Crippen molar-refractivity contribution in [2.24, 2.45) is 12.0 Å². The number of hydrogen-bond acceptors (Lipinski definition) is 3. The molecule has 0 spiro atoms. The first kappa shape index (κ1) is 21.1. The minimum absolute atomic E-state index is 0.0658. The lowest BCUT2D eigenvalue weighted by Crippen LogP contribution is -2.30. The van der Waals surface area contributed by atoms with Gasteiger partial charge < -0.3 is 9.47 Å². The molecular formula is C21H28IN3O3. The van der Waals surface area contributed by atoms with E-state index in [-0.39, 0.29) is 17.4 Å². The van der Waals surface area contributed by atoms with E-state index in [9.17, 15) is 4.79 Å². The van der Waals surface area contributed by atoms with Crippen LogP contribution in [0.4, 0.5) is 0 Å². The Balaban J connectivity index is 2.08. The third-order valence-corrected chi connectivity index (χ3v) is 5.69. The Morgan fingerprint density at radius 3 is 2.71 bits per heavy atom. The first-order chi connectivity index (χ1) is 13.2. The number of aromatic nitrogens is 2. The maximum Gasteiger partial charge on any atom is 0.282 e. The van der Waals surface area contributed by atoms with Gasteiger partial charge in [-0.1, -0.05) is 20.8 Å². The molecule has 1 amide bonds. The summed E-state index contributed by atoms with van der Waals surface area (Å²) in [5.41, 5.74) is 2.17. The van der Waals surface area contributed by atoms with Gasteiger partial charge in [-0.15, -0.1) is 0 Å². The van der Waals surface area contributed by atoms with Crippen LogP contribution < -0.4 is 10.2 Å². The number of carbonyl (C=O) groups excluding carboxylic acids is 1. The Morgan fingerprint density at radius 1 is 1.36 bits per heavy atom. The lowest BCUT2D eigenvalue weighted by Gasteiger charge is -2.21. The quantitative estimate of drug-likeness (QED) is 0.607. The van der Waals surface area contributed by atoms with Gasteiger partial charge in [0.1, 0.15) is 5.75 Å². The van der Waals surface area contributed by atoms with Gasteiger partial charge in [-0.2, -0.15) is 4.99 Å². The molecule has 1 aliphatic rings. The van der Waals surface area contributed by atoms with Crippen LogP contribution in [0.5, 0.6) is 5.75 Å². The molecule has 0 saturated carbocycles. The zero-order valence-corrected chi connectivity index (χ0v) is 19.3. The van der Waals surface area contributed by atoms with E-state index in [2.05, 4.69) is 57.7 Å². The molecule has 152 valence electrons. The van der Waals surface area contributed by atoms with Crippen molar-refractivity contribution in [3.05, 3.63) is 44.6 Å². The van der Waals surface area contributed by atoms with Gasteiger partial charge >= 0.3 is 0 Å². The molecular weight excluding hydrogens is 469 g/mol. The van der Waals surface area contributed by atoms with Gasteiger partial charge in [0, 0.05) is 34.4 Å². The van der Waals surface area contributed by atoms with E-state index in [1.807, 2.05) is 25.2 Å². The molecule has 2 heterocycles. The lowest BCUT2D eigenvalue weighted by molar-refractivity contribution is 0.0885. The summed E-state index contributed by atoms with van der Waals surface area (Å²) in [5.74, 6) is 0.231.